The van der Waals surface area contributed by atoms with Gasteiger partial charge in [0.2, 0.25) is 0 Å². The van der Waals surface area contributed by atoms with E-state index in [9.17, 15) is 13.2 Å². The van der Waals surface area contributed by atoms with E-state index in [0.29, 0.717) is 16.9 Å². The van der Waals surface area contributed by atoms with Gasteiger partial charge in [-0.1, -0.05) is 30.0 Å². The summed E-state index contributed by atoms with van der Waals surface area (Å²) in [6.07, 6.45) is 1.97. The van der Waals surface area contributed by atoms with Gasteiger partial charge in [-0.15, -0.1) is 11.3 Å². The lowest BCUT2D eigenvalue weighted by Crippen LogP contribution is -2.26. The van der Waals surface area contributed by atoms with Crippen LogP contribution in [0.5, 0.6) is 0 Å². The maximum atomic E-state index is 12.9. The van der Waals surface area contributed by atoms with E-state index in [-0.39, 0.29) is 10.8 Å². The first-order valence-corrected chi connectivity index (χ1v) is 12.8. The first-order chi connectivity index (χ1) is 14.9. The third kappa shape index (κ3) is 4.43. The van der Waals surface area contributed by atoms with Crippen molar-refractivity contribution in [3.05, 3.63) is 78.4 Å². The quantitative estimate of drug-likeness (QED) is 0.398. The van der Waals surface area contributed by atoms with Crippen molar-refractivity contribution in [2.24, 2.45) is 0 Å². The predicted octanol–water partition coefficient (Wildman–Crippen LogP) is 5.10. The molecule has 4 rings (SSSR count). The number of thiazole rings is 1. The summed E-state index contributed by atoms with van der Waals surface area (Å²) in [5, 5.41) is 2.86. The molecule has 0 unspecified atom stereocenters. The van der Waals surface area contributed by atoms with Crippen LogP contribution >= 0.6 is 23.1 Å². The van der Waals surface area contributed by atoms with Crippen LogP contribution in [0.1, 0.15) is 10.4 Å². The van der Waals surface area contributed by atoms with Gasteiger partial charge in [0.15, 0.2) is 4.34 Å². The van der Waals surface area contributed by atoms with Crippen LogP contribution in [0.3, 0.4) is 0 Å². The number of aromatic nitrogens is 1. The number of benzene rings is 3. The fraction of sp³-hybridized carbons (Fsp3) is 0.0909. The van der Waals surface area contributed by atoms with Gasteiger partial charge >= 0.3 is 0 Å². The Morgan fingerprint density at radius 2 is 1.74 bits per heavy atom. The summed E-state index contributed by atoms with van der Waals surface area (Å²) < 4.78 is 28.9. The van der Waals surface area contributed by atoms with Crippen LogP contribution < -0.4 is 9.62 Å². The highest BCUT2D eigenvalue weighted by Crippen LogP contribution is 2.30. The van der Waals surface area contributed by atoms with Gasteiger partial charge in [0.25, 0.3) is 15.9 Å². The van der Waals surface area contributed by atoms with E-state index in [4.69, 9.17) is 0 Å². The van der Waals surface area contributed by atoms with Crippen molar-refractivity contribution >= 4 is 60.6 Å². The normalized spacial score (nSPS) is 11.4. The van der Waals surface area contributed by atoms with Gasteiger partial charge in [-0.2, -0.15) is 0 Å². The van der Waals surface area contributed by atoms with Crippen LogP contribution in [0, 0.1) is 0 Å². The maximum absolute atomic E-state index is 12.9. The van der Waals surface area contributed by atoms with Gasteiger partial charge in [-0.25, -0.2) is 13.4 Å². The number of hydrogen-bond acceptors (Lipinski definition) is 6. The van der Waals surface area contributed by atoms with Crippen molar-refractivity contribution in [2.45, 2.75) is 9.24 Å². The van der Waals surface area contributed by atoms with Gasteiger partial charge in [-0.05, 0) is 60.9 Å². The third-order valence-electron chi connectivity index (χ3n) is 4.70. The van der Waals surface area contributed by atoms with Crippen LogP contribution in [0.4, 0.5) is 11.4 Å². The van der Waals surface area contributed by atoms with Gasteiger partial charge in [0.1, 0.15) is 0 Å². The Morgan fingerprint density at radius 3 is 2.42 bits per heavy atom. The zero-order chi connectivity index (χ0) is 22.0. The molecule has 0 aliphatic carbocycles. The lowest BCUT2D eigenvalue weighted by molar-refractivity contribution is 0.102. The Hall–Kier alpha value is -2.88. The molecule has 0 bridgehead atoms. The monoisotopic (exact) mass is 469 g/mol. The summed E-state index contributed by atoms with van der Waals surface area (Å²) in [6.45, 7) is 0. The number of amides is 1. The largest absolute Gasteiger partial charge is 0.322 e. The number of thioether (sulfide) groups is 1. The maximum Gasteiger partial charge on any atom is 0.264 e. The lowest BCUT2D eigenvalue weighted by Gasteiger charge is -2.19. The van der Waals surface area contributed by atoms with Crippen LogP contribution in [0.25, 0.3) is 10.2 Å². The molecule has 6 nitrogen and oxygen atoms in total. The van der Waals surface area contributed by atoms with Gasteiger partial charge in [-0.3, -0.25) is 9.10 Å². The average Bonchev–Trinajstić information content (AvgIpc) is 3.21. The number of sulfonamides is 1. The summed E-state index contributed by atoms with van der Waals surface area (Å²) in [4.78, 5) is 17.2. The predicted molar refractivity (Wildman–Crippen MR) is 128 cm³/mol. The highest BCUT2D eigenvalue weighted by Gasteiger charge is 2.21. The average molecular weight is 470 g/mol. The number of nitrogens with one attached hydrogen (secondary N) is 1. The van der Waals surface area contributed by atoms with Gasteiger partial charge in [0.05, 0.1) is 20.8 Å². The molecule has 1 amide bonds. The molecule has 31 heavy (non-hydrogen) atoms. The Bertz CT molecular complexity index is 1330. The summed E-state index contributed by atoms with van der Waals surface area (Å²) in [7, 11) is -2.22. The second-order valence-electron chi connectivity index (χ2n) is 6.65. The number of nitrogens with zero attached hydrogens (tertiary/aromatic N) is 2. The molecule has 0 spiro atoms. The van der Waals surface area contributed by atoms with E-state index in [0.717, 1.165) is 14.6 Å². The molecule has 1 heterocycles. The zero-order valence-corrected chi connectivity index (χ0v) is 19.2. The molecule has 0 aliphatic heterocycles. The third-order valence-corrected chi connectivity index (χ3v) is 8.50. The first-order valence-electron chi connectivity index (χ1n) is 9.28. The number of carbonyl (C=O) groups excluding carboxylic acids is 1. The van der Waals surface area contributed by atoms with Crippen molar-refractivity contribution in [2.75, 3.05) is 22.9 Å². The summed E-state index contributed by atoms with van der Waals surface area (Å²) >= 11 is 3.15. The Labute approximate surface area is 189 Å². The standard InChI is InChI=1S/C22H19N3O3S3/c1-25(17-6-4-3-5-7-17)31(27,28)18-11-8-15(9-12-18)21(26)23-16-10-13-19-20(14-16)30-22(24-19)29-2/h3-14H,1-2H3,(H,23,26). The number of hydrogen-bond donors (Lipinski definition) is 1. The van der Waals surface area contributed by atoms with Crippen LogP contribution in [-0.4, -0.2) is 32.6 Å². The highest BCUT2D eigenvalue weighted by atomic mass is 32.2. The Morgan fingerprint density at radius 1 is 1.03 bits per heavy atom. The number of anilines is 2. The minimum atomic E-state index is -3.72. The molecule has 0 aliphatic rings. The minimum absolute atomic E-state index is 0.117. The fourth-order valence-corrected chi connectivity index (χ4v) is 5.71. The topological polar surface area (TPSA) is 79.4 Å². The molecular weight excluding hydrogens is 450 g/mol. The number of para-hydroxylation sites is 1. The van der Waals surface area contributed by atoms with Crippen LogP contribution in [0.15, 0.2) is 82.0 Å². The molecule has 0 radical (unpaired) electrons. The van der Waals surface area contributed by atoms with Crippen molar-refractivity contribution in [1.82, 2.24) is 4.98 Å². The molecule has 1 aromatic heterocycles. The number of rotatable bonds is 6. The molecule has 1 N–H and O–H groups in total. The molecule has 3 aromatic carbocycles. The summed E-state index contributed by atoms with van der Waals surface area (Å²) in [5.74, 6) is -0.311. The Kier molecular flexibility index (Phi) is 5.99. The van der Waals surface area contributed by atoms with E-state index < -0.39 is 10.0 Å². The first kappa shape index (κ1) is 21.4. The second kappa shape index (κ2) is 8.70. The van der Waals surface area contributed by atoms with Crippen LogP contribution in [0.2, 0.25) is 0 Å². The molecule has 0 saturated carbocycles. The van der Waals surface area contributed by atoms with E-state index in [1.807, 2.05) is 24.5 Å². The van der Waals surface area contributed by atoms with Crippen molar-refractivity contribution < 1.29 is 13.2 Å². The van der Waals surface area contributed by atoms with Gasteiger partial charge < -0.3 is 5.32 Å². The second-order valence-corrected chi connectivity index (χ2v) is 10.7. The molecule has 4 aromatic rings. The highest BCUT2D eigenvalue weighted by molar-refractivity contribution is 8.00. The van der Waals surface area contributed by atoms with E-state index in [1.54, 1.807) is 53.4 Å². The van der Waals surface area contributed by atoms with Crippen molar-refractivity contribution in [1.29, 1.82) is 0 Å². The summed E-state index contributed by atoms with van der Waals surface area (Å²) in [6, 6.07) is 20.3. The molecule has 9 heteroatoms. The van der Waals surface area contributed by atoms with Crippen LogP contribution in [-0.2, 0) is 10.0 Å². The molecule has 0 fully saturated rings. The molecule has 0 atom stereocenters. The van der Waals surface area contributed by atoms with E-state index >= 15 is 0 Å². The molecular formula is C22H19N3O3S3. The molecule has 0 saturated heterocycles. The lowest BCUT2D eigenvalue weighted by atomic mass is 10.2. The Balaban J connectivity index is 1.51. The summed E-state index contributed by atoms with van der Waals surface area (Å²) in [5.41, 5.74) is 2.49. The SMILES string of the molecule is CSc1nc2ccc(NC(=O)c3ccc(S(=O)(=O)N(C)c4ccccc4)cc3)cc2s1. The number of fused-ring (bicyclic) bond motifs is 1. The fourth-order valence-electron chi connectivity index (χ4n) is 2.98. The minimum Gasteiger partial charge on any atom is -0.322 e. The molecule has 158 valence electrons. The van der Waals surface area contributed by atoms with E-state index in [2.05, 4.69) is 10.3 Å². The van der Waals surface area contributed by atoms with Crippen molar-refractivity contribution in [3.63, 3.8) is 0 Å². The smallest absolute Gasteiger partial charge is 0.264 e. The number of carbonyl (C=O) groups is 1. The zero-order valence-electron chi connectivity index (χ0n) is 16.8. The van der Waals surface area contributed by atoms with Gasteiger partial charge in [0, 0.05) is 18.3 Å². The van der Waals surface area contributed by atoms with E-state index in [1.165, 1.54) is 35.6 Å². The van der Waals surface area contributed by atoms with Crippen molar-refractivity contribution in [3.8, 4) is 0 Å².